The molecule has 2 heterocycles. The summed E-state index contributed by atoms with van der Waals surface area (Å²) in [6, 6.07) is 0. The first kappa shape index (κ1) is 17.0. The monoisotopic (exact) mass is 326 g/mol. The zero-order valence-electron chi connectivity index (χ0n) is 11.1. The maximum atomic E-state index is 10.3. The van der Waals surface area contributed by atoms with Gasteiger partial charge in [0.25, 0.3) is 0 Å². The molecule has 0 aromatic carbocycles. The van der Waals surface area contributed by atoms with Gasteiger partial charge in [0, 0.05) is 16.9 Å². The van der Waals surface area contributed by atoms with Crippen molar-refractivity contribution in [1.29, 1.82) is 0 Å². The van der Waals surface area contributed by atoms with Crippen LogP contribution in [0.5, 0.6) is 0 Å². The maximum Gasteiger partial charge on any atom is 0.463 e. The summed E-state index contributed by atoms with van der Waals surface area (Å²) in [6.45, 7) is 0. The summed E-state index contributed by atoms with van der Waals surface area (Å²) in [6.07, 6.45) is 1.46. The highest BCUT2D eigenvalue weighted by Gasteiger charge is 2.34. The smallest absolute Gasteiger partial charge is 0.463 e. The van der Waals surface area contributed by atoms with E-state index in [0.717, 1.165) is 0 Å². The highest BCUT2D eigenvalue weighted by atomic mass is 16.6. The predicted molar refractivity (Wildman–Crippen MR) is 68.7 cm³/mol. The van der Waals surface area contributed by atoms with Crippen LogP contribution in [0.25, 0.3) is 10.4 Å². The van der Waals surface area contributed by atoms with Crippen molar-refractivity contribution < 1.29 is 19.7 Å². The molecule has 0 amide bonds. The number of carboxylic acids is 1. The van der Waals surface area contributed by atoms with Crippen molar-refractivity contribution in [3.8, 4) is 0 Å². The third kappa shape index (κ3) is 4.46. The molecule has 23 heavy (non-hydrogen) atoms. The summed E-state index contributed by atoms with van der Waals surface area (Å²) in [4.78, 5) is 39.2. The molecule has 0 saturated carbocycles. The Hall–Kier alpha value is -4.07. The molecule has 0 aliphatic heterocycles. The van der Waals surface area contributed by atoms with Crippen molar-refractivity contribution >= 4 is 23.6 Å². The Bertz CT molecular complexity index is 769. The number of aromatic amines is 1. The first-order chi connectivity index (χ1) is 10.8. The number of nitro groups is 2. The number of aromatic carboxylic acids is 1. The predicted octanol–water partition coefficient (Wildman–Crippen LogP) is 0.681. The molecule has 0 aliphatic rings. The second kappa shape index (κ2) is 7.09. The van der Waals surface area contributed by atoms with Crippen molar-refractivity contribution in [1.82, 2.24) is 24.7 Å². The van der Waals surface area contributed by atoms with E-state index >= 15 is 0 Å². The van der Waals surface area contributed by atoms with Crippen LogP contribution in [-0.4, -0.2) is 45.7 Å². The van der Waals surface area contributed by atoms with Crippen molar-refractivity contribution in [3.05, 3.63) is 42.8 Å². The lowest BCUT2D eigenvalue weighted by molar-refractivity contribution is -0.427. The fourth-order valence-electron chi connectivity index (χ4n) is 1.12. The average molecular weight is 326 g/mol. The van der Waals surface area contributed by atoms with Crippen LogP contribution >= 0.6 is 0 Å². The molecule has 16 heteroatoms. The van der Waals surface area contributed by atoms with Crippen molar-refractivity contribution in [2.24, 2.45) is 12.2 Å². The Balaban J connectivity index is 0.000000253. The van der Waals surface area contributed by atoms with Gasteiger partial charge in [-0.05, 0) is 20.5 Å². The zero-order valence-corrected chi connectivity index (χ0v) is 11.1. The van der Waals surface area contributed by atoms with Gasteiger partial charge in [0.2, 0.25) is 5.95 Å². The van der Waals surface area contributed by atoms with E-state index in [-0.39, 0.29) is 5.95 Å². The topological polar surface area (TPSA) is 232 Å². The first-order valence-corrected chi connectivity index (χ1v) is 5.29. The molecule has 2 rings (SSSR count). The minimum atomic E-state index is -1.61. The third-order valence-electron chi connectivity index (χ3n) is 1.95. The molecule has 0 atom stereocenters. The minimum Gasteiger partial charge on any atom is -0.472 e. The highest BCUT2D eigenvalue weighted by Crippen LogP contribution is 2.22. The number of imidazole rings is 1. The molecule has 0 saturated heterocycles. The summed E-state index contributed by atoms with van der Waals surface area (Å²) in [5.74, 6) is -4.47. The first-order valence-electron chi connectivity index (χ1n) is 5.29. The number of aromatic nitrogens is 5. The van der Waals surface area contributed by atoms with E-state index in [0.29, 0.717) is 0 Å². The average Bonchev–Trinajstić information content (AvgIpc) is 3.06. The lowest BCUT2D eigenvalue weighted by atomic mass is 10.6. The fraction of sp³-hybridized carbons (Fsp3) is 0.143. The van der Waals surface area contributed by atoms with E-state index < -0.39 is 33.3 Å². The summed E-state index contributed by atoms with van der Waals surface area (Å²) in [5.41, 5.74) is 7.90. The zero-order chi connectivity index (χ0) is 17.6. The van der Waals surface area contributed by atoms with Gasteiger partial charge in [-0.25, -0.2) is 9.78 Å². The van der Waals surface area contributed by atoms with Gasteiger partial charge < -0.3 is 25.3 Å². The van der Waals surface area contributed by atoms with Gasteiger partial charge in [-0.15, -0.1) is 5.10 Å². The van der Waals surface area contributed by atoms with E-state index in [1.165, 1.54) is 11.0 Å². The largest absolute Gasteiger partial charge is 0.472 e. The van der Waals surface area contributed by atoms with E-state index in [1.807, 2.05) is 0 Å². The minimum absolute atomic E-state index is 0.153. The standard InChI is InChI=1S/C4H2N4O6.C3H4N6/c9-4(10)1-5-2(7(11)12)3(6-1)8(13)14;1-9-2-5-3(7-9)6-8-4/h(H,5,6)(H,9,10);2H,1H3. The van der Waals surface area contributed by atoms with Gasteiger partial charge in [-0.3, -0.25) is 4.68 Å². The number of carboxylic acid groups (broad SMARTS) is 1. The molecular weight excluding hydrogens is 320 g/mol. The molecule has 2 aromatic rings. The van der Waals surface area contributed by atoms with E-state index in [1.54, 1.807) is 12.0 Å². The van der Waals surface area contributed by atoms with Crippen LogP contribution in [0.15, 0.2) is 11.4 Å². The number of nitrogens with zero attached hydrogens (tertiary/aromatic N) is 9. The fourth-order valence-corrected chi connectivity index (χ4v) is 1.12. The van der Waals surface area contributed by atoms with Crippen LogP contribution in [0.1, 0.15) is 10.6 Å². The molecule has 0 fully saturated rings. The lowest BCUT2D eigenvalue weighted by Gasteiger charge is -1.88. The molecule has 16 nitrogen and oxygen atoms in total. The molecule has 0 spiro atoms. The molecule has 0 bridgehead atoms. The molecular formula is C7H6N10O6. The second-order valence-corrected chi connectivity index (χ2v) is 3.48. The Morgan fingerprint density at radius 3 is 2.48 bits per heavy atom. The number of hydrogen-bond donors (Lipinski definition) is 2. The van der Waals surface area contributed by atoms with Crippen LogP contribution < -0.4 is 0 Å². The summed E-state index contributed by atoms with van der Waals surface area (Å²) >= 11 is 0. The summed E-state index contributed by atoms with van der Waals surface area (Å²) < 4.78 is 1.46. The molecule has 2 N–H and O–H groups in total. The van der Waals surface area contributed by atoms with Crippen molar-refractivity contribution in [2.75, 3.05) is 0 Å². The van der Waals surface area contributed by atoms with Gasteiger partial charge in [0.05, 0.1) is 0 Å². The van der Waals surface area contributed by atoms with Gasteiger partial charge in [-0.1, -0.05) is 0 Å². The Morgan fingerprint density at radius 1 is 1.48 bits per heavy atom. The summed E-state index contributed by atoms with van der Waals surface area (Å²) in [7, 11) is 1.70. The number of hydrogen-bond acceptors (Lipinski definition) is 9. The number of H-pyrrole nitrogens is 1. The van der Waals surface area contributed by atoms with E-state index in [9.17, 15) is 25.0 Å². The number of aryl methyl sites for hydroxylation is 1. The van der Waals surface area contributed by atoms with Gasteiger partial charge in [-0.2, -0.15) is 4.98 Å². The number of nitrogens with one attached hydrogen (secondary N) is 1. The quantitative estimate of drug-likeness (QED) is 0.264. The van der Waals surface area contributed by atoms with Crippen molar-refractivity contribution in [2.45, 2.75) is 0 Å². The van der Waals surface area contributed by atoms with Crippen LogP contribution in [0.3, 0.4) is 0 Å². The highest BCUT2D eigenvalue weighted by molar-refractivity contribution is 5.84. The maximum absolute atomic E-state index is 10.3. The van der Waals surface area contributed by atoms with Crippen LogP contribution in [0, 0.1) is 20.2 Å². The second-order valence-electron chi connectivity index (χ2n) is 3.48. The van der Waals surface area contributed by atoms with E-state index in [4.69, 9.17) is 10.6 Å². The molecule has 2 aromatic heterocycles. The molecule has 0 unspecified atom stereocenters. The van der Waals surface area contributed by atoms with Crippen LogP contribution in [0.2, 0.25) is 0 Å². The Labute approximate surface area is 124 Å². The van der Waals surface area contributed by atoms with E-state index in [2.05, 4.69) is 25.1 Å². The third-order valence-corrected chi connectivity index (χ3v) is 1.95. The summed E-state index contributed by atoms with van der Waals surface area (Å²) in [5, 5.41) is 35.6. The van der Waals surface area contributed by atoms with Gasteiger partial charge in [0.1, 0.15) is 6.33 Å². The van der Waals surface area contributed by atoms with Gasteiger partial charge >= 0.3 is 23.4 Å². The molecule has 0 aliphatic carbocycles. The van der Waals surface area contributed by atoms with Crippen LogP contribution in [-0.2, 0) is 7.05 Å². The molecule has 0 radical (unpaired) electrons. The Kier molecular flexibility index (Phi) is 5.23. The number of azide groups is 1. The number of rotatable bonds is 4. The van der Waals surface area contributed by atoms with Crippen LogP contribution in [0.4, 0.5) is 17.6 Å². The Morgan fingerprint density at radius 2 is 2.13 bits per heavy atom. The van der Waals surface area contributed by atoms with Gasteiger partial charge in [0.15, 0.2) is 0 Å². The SMILES string of the molecule is Cn1cnc(N=[N+]=[N-])n1.O=C(O)c1nc([N+](=O)[O-])c([N+](=O)[O-])[nH]1. The lowest BCUT2D eigenvalue weighted by Crippen LogP contribution is -1.98. The number of carbonyl (C=O) groups is 1. The normalized spacial score (nSPS) is 9.26. The molecule has 120 valence electrons. The van der Waals surface area contributed by atoms with Crippen molar-refractivity contribution in [3.63, 3.8) is 0 Å².